The Morgan fingerprint density at radius 1 is 1.32 bits per heavy atom. The smallest absolute Gasteiger partial charge is 0.227 e. The second-order valence-electron chi connectivity index (χ2n) is 7.81. The van der Waals surface area contributed by atoms with Crippen molar-refractivity contribution in [3.63, 3.8) is 0 Å². The van der Waals surface area contributed by atoms with E-state index in [2.05, 4.69) is 32.4 Å². The van der Waals surface area contributed by atoms with Gasteiger partial charge in [0.1, 0.15) is 18.0 Å². The molecule has 1 aliphatic rings. The van der Waals surface area contributed by atoms with Gasteiger partial charge < -0.3 is 15.5 Å². The van der Waals surface area contributed by atoms with Gasteiger partial charge in [-0.25, -0.2) is 9.97 Å². The fourth-order valence-electron chi connectivity index (χ4n) is 3.42. The van der Waals surface area contributed by atoms with Gasteiger partial charge in [-0.2, -0.15) is 0 Å². The first-order chi connectivity index (χ1) is 13.5. The molecule has 1 aromatic carbocycles. The van der Waals surface area contributed by atoms with Crippen LogP contribution in [0.2, 0.25) is 0 Å². The molecule has 2 unspecified atom stereocenters. The number of carbonyl (C=O) groups excluding carboxylic acids is 1. The average Bonchev–Trinajstić information content (AvgIpc) is 2.72. The van der Waals surface area contributed by atoms with Crippen molar-refractivity contribution in [2.45, 2.75) is 46.6 Å². The Balaban J connectivity index is 1.60. The van der Waals surface area contributed by atoms with Crippen LogP contribution < -0.4 is 15.5 Å². The summed E-state index contributed by atoms with van der Waals surface area (Å²) < 4.78 is 0. The number of hydrogen-bond donors (Lipinski definition) is 2. The van der Waals surface area contributed by atoms with Gasteiger partial charge in [0.25, 0.3) is 0 Å². The van der Waals surface area contributed by atoms with Crippen molar-refractivity contribution in [3.05, 3.63) is 42.2 Å². The molecular formula is C22H31N5O. The Labute approximate surface area is 167 Å². The lowest BCUT2D eigenvalue weighted by Gasteiger charge is -2.31. The van der Waals surface area contributed by atoms with E-state index in [0.717, 1.165) is 42.4 Å². The van der Waals surface area contributed by atoms with Gasteiger partial charge in [0, 0.05) is 37.3 Å². The normalized spacial score (nSPS) is 17.8. The van der Waals surface area contributed by atoms with E-state index in [1.54, 1.807) is 6.33 Å². The third-order valence-corrected chi connectivity index (χ3v) is 5.36. The van der Waals surface area contributed by atoms with E-state index < -0.39 is 0 Å². The van der Waals surface area contributed by atoms with E-state index in [9.17, 15) is 4.79 Å². The lowest BCUT2D eigenvalue weighted by atomic mass is 10.0. The highest BCUT2D eigenvalue weighted by atomic mass is 16.1. The fourth-order valence-corrected chi connectivity index (χ4v) is 3.42. The van der Waals surface area contributed by atoms with Crippen molar-refractivity contribution in [2.75, 3.05) is 28.6 Å². The van der Waals surface area contributed by atoms with Crippen LogP contribution in [0.3, 0.4) is 0 Å². The summed E-state index contributed by atoms with van der Waals surface area (Å²) in [6.45, 7) is 8.99. The monoisotopic (exact) mass is 381 g/mol. The highest BCUT2D eigenvalue weighted by Crippen LogP contribution is 2.22. The van der Waals surface area contributed by atoms with Crippen LogP contribution in [0.4, 0.5) is 17.3 Å². The Bertz CT molecular complexity index is 794. The van der Waals surface area contributed by atoms with Gasteiger partial charge in [0.2, 0.25) is 5.91 Å². The van der Waals surface area contributed by atoms with Crippen LogP contribution in [-0.4, -0.2) is 29.0 Å². The number of hydrogen-bond acceptors (Lipinski definition) is 5. The SMILES string of the molecule is CCC(C)C(=O)Nc1cccc(CNc2cc(N3CCCC(C)C3)ncn2)c1. The van der Waals surface area contributed by atoms with Gasteiger partial charge in [0.15, 0.2) is 0 Å². The van der Waals surface area contributed by atoms with Crippen LogP contribution in [0.25, 0.3) is 0 Å². The van der Waals surface area contributed by atoms with Crippen LogP contribution in [0.5, 0.6) is 0 Å². The number of carbonyl (C=O) groups is 1. The van der Waals surface area contributed by atoms with Crippen molar-refractivity contribution in [1.29, 1.82) is 0 Å². The summed E-state index contributed by atoms with van der Waals surface area (Å²) in [4.78, 5) is 23.2. The number of rotatable bonds is 7. The molecule has 2 aromatic rings. The summed E-state index contributed by atoms with van der Waals surface area (Å²) in [6, 6.07) is 9.95. The first kappa shape index (κ1) is 20.1. The van der Waals surface area contributed by atoms with Crippen LogP contribution in [0.15, 0.2) is 36.7 Å². The molecule has 6 nitrogen and oxygen atoms in total. The van der Waals surface area contributed by atoms with Gasteiger partial charge in [-0.05, 0) is 42.9 Å². The van der Waals surface area contributed by atoms with E-state index in [1.165, 1.54) is 12.8 Å². The molecule has 1 aromatic heterocycles. The number of anilines is 3. The lowest BCUT2D eigenvalue weighted by Crippen LogP contribution is -2.34. The number of amides is 1. The zero-order chi connectivity index (χ0) is 19.9. The Morgan fingerprint density at radius 2 is 2.18 bits per heavy atom. The summed E-state index contributed by atoms with van der Waals surface area (Å²) in [5.41, 5.74) is 1.92. The zero-order valence-corrected chi connectivity index (χ0v) is 17.1. The third-order valence-electron chi connectivity index (χ3n) is 5.36. The molecule has 1 saturated heterocycles. The van der Waals surface area contributed by atoms with Gasteiger partial charge >= 0.3 is 0 Å². The molecule has 3 rings (SSSR count). The van der Waals surface area contributed by atoms with E-state index in [1.807, 2.05) is 44.2 Å². The molecule has 1 aliphatic heterocycles. The largest absolute Gasteiger partial charge is 0.366 e. The van der Waals surface area contributed by atoms with E-state index in [4.69, 9.17) is 0 Å². The van der Waals surface area contributed by atoms with Crippen LogP contribution in [0.1, 0.15) is 45.6 Å². The maximum Gasteiger partial charge on any atom is 0.227 e. The van der Waals surface area contributed by atoms with Crippen molar-refractivity contribution >= 4 is 23.2 Å². The number of piperidine rings is 1. The Kier molecular flexibility index (Phi) is 6.85. The summed E-state index contributed by atoms with van der Waals surface area (Å²) in [7, 11) is 0. The van der Waals surface area contributed by atoms with Crippen LogP contribution >= 0.6 is 0 Å². The minimum atomic E-state index is 0.0127. The maximum atomic E-state index is 12.1. The minimum Gasteiger partial charge on any atom is -0.366 e. The molecule has 2 N–H and O–H groups in total. The van der Waals surface area contributed by atoms with Crippen molar-refractivity contribution < 1.29 is 4.79 Å². The molecule has 2 atom stereocenters. The summed E-state index contributed by atoms with van der Waals surface area (Å²) in [5, 5.41) is 6.36. The molecular weight excluding hydrogens is 350 g/mol. The van der Waals surface area contributed by atoms with Crippen molar-refractivity contribution in [2.24, 2.45) is 11.8 Å². The molecule has 6 heteroatoms. The Hall–Kier alpha value is -2.63. The van der Waals surface area contributed by atoms with Gasteiger partial charge in [0.05, 0.1) is 0 Å². The second-order valence-corrected chi connectivity index (χ2v) is 7.81. The fraction of sp³-hybridized carbons (Fsp3) is 0.500. The van der Waals surface area contributed by atoms with E-state index in [0.29, 0.717) is 12.5 Å². The van der Waals surface area contributed by atoms with Crippen LogP contribution in [0, 0.1) is 11.8 Å². The molecule has 0 radical (unpaired) electrons. The molecule has 0 spiro atoms. The molecule has 0 aliphatic carbocycles. The Morgan fingerprint density at radius 3 is 2.96 bits per heavy atom. The zero-order valence-electron chi connectivity index (χ0n) is 17.1. The molecule has 1 amide bonds. The minimum absolute atomic E-state index is 0.0127. The maximum absolute atomic E-state index is 12.1. The third kappa shape index (κ3) is 5.44. The second kappa shape index (κ2) is 9.53. The molecule has 0 bridgehead atoms. The standard InChI is InChI=1S/C22H31N5O/c1-4-17(3)22(28)26-19-9-5-8-18(11-19)13-23-20-12-21(25-15-24-20)27-10-6-7-16(2)14-27/h5,8-9,11-12,15-17H,4,6-7,10,13-14H2,1-3H3,(H,26,28)(H,23,24,25). The summed E-state index contributed by atoms with van der Waals surface area (Å²) in [5.74, 6) is 2.58. The van der Waals surface area contributed by atoms with Gasteiger partial charge in [-0.15, -0.1) is 0 Å². The van der Waals surface area contributed by atoms with Crippen LogP contribution in [-0.2, 0) is 11.3 Å². The number of nitrogens with zero attached hydrogens (tertiary/aromatic N) is 3. The van der Waals surface area contributed by atoms with Gasteiger partial charge in [-0.3, -0.25) is 4.79 Å². The lowest BCUT2D eigenvalue weighted by molar-refractivity contribution is -0.119. The highest BCUT2D eigenvalue weighted by molar-refractivity contribution is 5.92. The van der Waals surface area contributed by atoms with E-state index >= 15 is 0 Å². The molecule has 0 saturated carbocycles. The first-order valence-corrected chi connectivity index (χ1v) is 10.3. The molecule has 150 valence electrons. The number of aromatic nitrogens is 2. The van der Waals surface area contributed by atoms with Crippen molar-refractivity contribution in [3.8, 4) is 0 Å². The highest BCUT2D eigenvalue weighted by Gasteiger charge is 2.18. The molecule has 28 heavy (non-hydrogen) atoms. The van der Waals surface area contributed by atoms with E-state index in [-0.39, 0.29) is 11.8 Å². The predicted octanol–water partition coefficient (Wildman–Crippen LogP) is 4.31. The summed E-state index contributed by atoms with van der Waals surface area (Å²) >= 11 is 0. The average molecular weight is 382 g/mol. The topological polar surface area (TPSA) is 70.2 Å². The molecule has 1 fully saturated rings. The quantitative estimate of drug-likeness (QED) is 0.748. The van der Waals surface area contributed by atoms with Crippen molar-refractivity contribution in [1.82, 2.24) is 9.97 Å². The number of benzene rings is 1. The predicted molar refractivity (Wildman–Crippen MR) is 114 cm³/mol. The molecule has 2 heterocycles. The summed E-state index contributed by atoms with van der Waals surface area (Å²) in [6.07, 6.45) is 4.96. The number of nitrogens with one attached hydrogen (secondary N) is 2. The first-order valence-electron chi connectivity index (χ1n) is 10.3. The van der Waals surface area contributed by atoms with Gasteiger partial charge in [-0.1, -0.05) is 32.9 Å².